The van der Waals surface area contributed by atoms with Crippen molar-refractivity contribution in [1.82, 2.24) is 14.7 Å². The third-order valence-corrected chi connectivity index (χ3v) is 5.91. The van der Waals surface area contributed by atoms with Crippen LogP contribution in [0.25, 0.3) is 0 Å². The van der Waals surface area contributed by atoms with Gasteiger partial charge in [-0.3, -0.25) is 9.69 Å². The van der Waals surface area contributed by atoms with Gasteiger partial charge in [-0.1, -0.05) is 12.1 Å². The van der Waals surface area contributed by atoms with Gasteiger partial charge in [0.05, 0.1) is 19.6 Å². The van der Waals surface area contributed by atoms with E-state index in [0.29, 0.717) is 26.2 Å². The van der Waals surface area contributed by atoms with Crippen molar-refractivity contribution in [1.29, 1.82) is 0 Å². The van der Waals surface area contributed by atoms with Gasteiger partial charge in [-0.15, -0.1) is 0 Å². The molecule has 7 heteroatoms. The lowest BCUT2D eigenvalue weighted by Crippen LogP contribution is -2.50. The van der Waals surface area contributed by atoms with Crippen molar-refractivity contribution in [3.05, 3.63) is 29.8 Å². The summed E-state index contributed by atoms with van der Waals surface area (Å²) < 4.78 is 5.54. The Morgan fingerprint density at radius 3 is 2.59 bits per heavy atom. The van der Waals surface area contributed by atoms with E-state index in [2.05, 4.69) is 41.0 Å². The zero-order valence-electron chi connectivity index (χ0n) is 16.2. The molecule has 3 aliphatic rings. The molecule has 3 heterocycles. The van der Waals surface area contributed by atoms with Crippen molar-refractivity contribution in [2.45, 2.75) is 18.9 Å². The van der Waals surface area contributed by atoms with Gasteiger partial charge in [-0.25, -0.2) is 4.79 Å². The summed E-state index contributed by atoms with van der Waals surface area (Å²) in [6.45, 7) is 7.96. The molecule has 146 valence electrons. The lowest BCUT2D eigenvalue weighted by atomic mass is 10.0. The van der Waals surface area contributed by atoms with Crippen LogP contribution in [0.3, 0.4) is 0 Å². The van der Waals surface area contributed by atoms with Crippen molar-refractivity contribution in [3.8, 4) is 0 Å². The van der Waals surface area contributed by atoms with Crippen molar-refractivity contribution in [2.24, 2.45) is 0 Å². The van der Waals surface area contributed by atoms with Crippen molar-refractivity contribution in [3.63, 3.8) is 0 Å². The molecular formula is C20H28N4O3. The summed E-state index contributed by atoms with van der Waals surface area (Å²) >= 11 is 0. The van der Waals surface area contributed by atoms with Crippen LogP contribution in [0.4, 0.5) is 10.5 Å². The predicted octanol–water partition coefficient (Wildman–Crippen LogP) is 1.17. The SMILES string of the molecule is Cc1cccc(N2CCN(CC(=O)N3CC[C@]4(CN(C)C(=O)O4)C3)CC2)c1. The van der Waals surface area contributed by atoms with Crippen molar-refractivity contribution < 1.29 is 14.3 Å². The summed E-state index contributed by atoms with van der Waals surface area (Å²) in [5.41, 5.74) is 2.03. The van der Waals surface area contributed by atoms with Crippen LogP contribution in [-0.4, -0.2) is 91.7 Å². The minimum absolute atomic E-state index is 0.140. The Labute approximate surface area is 160 Å². The Morgan fingerprint density at radius 2 is 1.93 bits per heavy atom. The summed E-state index contributed by atoms with van der Waals surface area (Å²) in [7, 11) is 1.75. The maximum atomic E-state index is 12.7. The molecule has 4 rings (SSSR count). The highest BCUT2D eigenvalue weighted by atomic mass is 16.6. The quantitative estimate of drug-likeness (QED) is 0.797. The van der Waals surface area contributed by atoms with E-state index >= 15 is 0 Å². The van der Waals surface area contributed by atoms with Crippen molar-refractivity contribution >= 4 is 17.7 Å². The first-order chi connectivity index (χ1) is 12.9. The van der Waals surface area contributed by atoms with E-state index < -0.39 is 5.60 Å². The minimum Gasteiger partial charge on any atom is -0.439 e. The highest BCUT2D eigenvalue weighted by Crippen LogP contribution is 2.31. The van der Waals surface area contributed by atoms with Gasteiger partial charge in [0, 0.05) is 51.9 Å². The Bertz CT molecular complexity index is 732. The number of likely N-dealkylation sites (tertiary alicyclic amines) is 1. The lowest BCUT2D eigenvalue weighted by molar-refractivity contribution is -0.132. The van der Waals surface area contributed by atoms with Gasteiger partial charge in [0.25, 0.3) is 0 Å². The first-order valence-electron chi connectivity index (χ1n) is 9.70. The number of hydrogen-bond acceptors (Lipinski definition) is 5. The second-order valence-electron chi connectivity index (χ2n) is 8.07. The monoisotopic (exact) mass is 372 g/mol. The molecule has 0 N–H and O–H groups in total. The summed E-state index contributed by atoms with van der Waals surface area (Å²) in [6, 6.07) is 8.57. The Morgan fingerprint density at radius 1 is 1.15 bits per heavy atom. The molecule has 7 nitrogen and oxygen atoms in total. The first kappa shape index (κ1) is 18.1. The van der Waals surface area contributed by atoms with Gasteiger partial charge < -0.3 is 19.4 Å². The normalized spacial score (nSPS) is 26.1. The maximum absolute atomic E-state index is 12.7. The molecule has 1 aromatic carbocycles. The minimum atomic E-state index is -0.495. The number of carbonyl (C=O) groups excluding carboxylic acids is 2. The lowest BCUT2D eigenvalue weighted by Gasteiger charge is -2.36. The fraction of sp³-hybridized carbons (Fsp3) is 0.600. The molecular weight excluding hydrogens is 344 g/mol. The van der Waals surface area contributed by atoms with Gasteiger partial charge in [0.1, 0.15) is 0 Å². The molecule has 0 radical (unpaired) electrons. The molecule has 3 fully saturated rings. The second-order valence-corrected chi connectivity index (χ2v) is 8.07. The Hall–Kier alpha value is -2.28. The van der Waals surface area contributed by atoms with E-state index in [-0.39, 0.29) is 12.0 Å². The maximum Gasteiger partial charge on any atom is 0.410 e. The van der Waals surface area contributed by atoms with Crippen LogP contribution < -0.4 is 4.90 Å². The van der Waals surface area contributed by atoms with Crippen LogP contribution >= 0.6 is 0 Å². The standard InChI is InChI=1S/C20H28N4O3/c1-16-4-3-5-17(12-16)23-10-8-22(9-11-23)13-18(25)24-7-6-20(15-24)14-21(2)19(26)27-20/h3-5,12H,6-11,13-15H2,1-2H3/t20-/m0/s1. The molecule has 0 bridgehead atoms. The van der Waals surface area contributed by atoms with E-state index in [1.807, 2.05) is 4.90 Å². The number of piperazine rings is 1. The van der Waals surface area contributed by atoms with E-state index in [0.717, 1.165) is 32.6 Å². The average molecular weight is 372 g/mol. The molecule has 3 aliphatic heterocycles. The average Bonchev–Trinajstić information content (AvgIpc) is 3.18. The summed E-state index contributed by atoms with van der Waals surface area (Å²) in [4.78, 5) is 32.5. The number of hydrogen-bond donors (Lipinski definition) is 0. The van der Waals surface area contributed by atoms with Crippen LogP contribution in [0, 0.1) is 6.92 Å². The highest BCUT2D eigenvalue weighted by Gasteiger charge is 2.49. The number of amides is 2. The number of nitrogens with zero attached hydrogens (tertiary/aromatic N) is 4. The number of benzene rings is 1. The van der Waals surface area contributed by atoms with Gasteiger partial charge in [0.2, 0.25) is 5.91 Å². The number of likely N-dealkylation sites (N-methyl/N-ethyl adjacent to an activating group) is 1. The molecule has 27 heavy (non-hydrogen) atoms. The zero-order valence-corrected chi connectivity index (χ0v) is 16.2. The van der Waals surface area contributed by atoms with E-state index in [4.69, 9.17) is 4.74 Å². The second kappa shape index (κ2) is 7.03. The van der Waals surface area contributed by atoms with Crippen LogP contribution in [-0.2, 0) is 9.53 Å². The Balaban J connectivity index is 1.27. The smallest absolute Gasteiger partial charge is 0.410 e. The molecule has 2 amide bonds. The van der Waals surface area contributed by atoms with Crippen LogP contribution in [0.1, 0.15) is 12.0 Å². The van der Waals surface area contributed by atoms with Gasteiger partial charge >= 0.3 is 6.09 Å². The molecule has 1 spiro atoms. The fourth-order valence-corrected chi connectivity index (χ4v) is 4.34. The fourth-order valence-electron chi connectivity index (χ4n) is 4.34. The van der Waals surface area contributed by atoms with Crippen LogP contribution in [0.2, 0.25) is 0 Å². The van der Waals surface area contributed by atoms with E-state index in [1.54, 1.807) is 11.9 Å². The number of carbonyl (C=O) groups is 2. The zero-order chi connectivity index (χ0) is 19.0. The largest absolute Gasteiger partial charge is 0.439 e. The van der Waals surface area contributed by atoms with Crippen molar-refractivity contribution in [2.75, 3.05) is 64.3 Å². The molecule has 0 saturated carbocycles. The van der Waals surface area contributed by atoms with Gasteiger partial charge in [-0.05, 0) is 24.6 Å². The Kier molecular flexibility index (Phi) is 4.72. The van der Waals surface area contributed by atoms with E-state index in [9.17, 15) is 9.59 Å². The number of rotatable bonds is 3. The topological polar surface area (TPSA) is 56.3 Å². The third-order valence-electron chi connectivity index (χ3n) is 5.91. The molecule has 3 saturated heterocycles. The summed E-state index contributed by atoms with van der Waals surface area (Å²) in [6.07, 6.45) is 0.451. The molecule has 0 aliphatic carbocycles. The van der Waals surface area contributed by atoms with Crippen LogP contribution in [0.15, 0.2) is 24.3 Å². The number of anilines is 1. The molecule has 0 aromatic heterocycles. The predicted molar refractivity (Wildman–Crippen MR) is 103 cm³/mol. The van der Waals surface area contributed by atoms with E-state index in [1.165, 1.54) is 11.3 Å². The van der Waals surface area contributed by atoms with Crippen LogP contribution in [0.5, 0.6) is 0 Å². The summed E-state index contributed by atoms with van der Waals surface area (Å²) in [5, 5.41) is 0. The van der Waals surface area contributed by atoms with Gasteiger partial charge in [0.15, 0.2) is 5.60 Å². The first-order valence-corrected chi connectivity index (χ1v) is 9.70. The summed E-state index contributed by atoms with van der Waals surface area (Å²) in [5.74, 6) is 0.140. The number of aryl methyl sites for hydroxylation is 1. The highest BCUT2D eigenvalue weighted by molar-refractivity contribution is 5.79. The molecule has 0 unspecified atom stereocenters. The third kappa shape index (κ3) is 3.74. The molecule has 1 aromatic rings. The molecule has 1 atom stereocenters. The van der Waals surface area contributed by atoms with Gasteiger partial charge in [-0.2, -0.15) is 0 Å². The number of ether oxygens (including phenoxy) is 1.